The van der Waals surface area contributed by atoms with Crippen LogP contribution >= 0.6 is 27.5 Å². The number of rotatable bonds is 5. The first kappa shape index (κ1) is 16.4. The zero-order valence-electron chi connectivity index (χ0n) is 11.5. The Morgan fingerprint density at radius 1 is 1.19 bits per heavy atom. The van der Waals surface area contributed by atoms with Crippen molar-refractivity contribution in [1.82, 2.24) is 5.32 Å². The molecule has 2 aromatic rings. The van der Waals surface area contributed by atoms with Gasteiger partial charge in [-0.15, -0.1) is 0 Å². The van der Waals surface area contributed by atoms with Crippen LogP contribution in [0.2, 0.25) is 5.02 Å². The van der Waals surface area contributed by atoms with Gasteiger partial charge in [-0.1, -0.05) is 46.6 Å². The summed E-state index contributed by atoms with van der Waals surface area (Å²) in [7, 11) is 0. The van der Waals surface area contributed by atoms with Crippen molar-refractivity contribution in [2.24, 2.45) is 0 Å². The second kappa shape index (κ2) is 7.34. The van der Waals surface area contributed by atoms with Crippen LogP contribution in [0.3, 0.4) is 0 Å². The number of halogens is 4. The van der Waals surface area contributed by atoms with Crippen molar-refractivity contribution in [1.29, 1.82) is 0 Å². The Balaban J connectivity index is 2.30. The van der Waals surface area contributed by atoms with Gasteiger partial charge < -0.3 is 5.32 Å². The molecule has 1 N–H and O–H groups in total. The normalized spacial score (nSPS) is 12.4. The quantitative estimate of drug-likeness (QED) is 0.751. The lowest BCUT2D eigenvalue weighted by Crippen LogP contribution is -2.23. The van der Waals surface area contributed by atoms with Crippen LogP contribution in [0.1, 0.15) is 24.1 Å². The third-order valence-corrected chi connectivity index (χ3v) is 4.05. The molecule has 5 heteroatoms. The van der Waals surface area contributed by atoms with E-state index in [2.05, 4.69) is 21.2 Å². The molecule has 0 aliphatic heterocycles. The molecule has 0 radical (unpaired) electrons. The first-order chi connectivity index (χ1) is 10.0. The summed E-state index contributed by atoms with van der Waals surface area (Å²) in [6.45, 7) is 2.67. The van der Waals surface area contributed by atoms with E-state index in [0.717, 1.165) is 5.56 Å². The zero-order valence-corrected chi connectivity index (χ0v) is 13.8. The number of hydrogen-bond acceptors (Lipinski definition) is 1. The molecule has 0 saturated carbocycles. The minimum atomic E-state index is -0.381. The smallest absolute Gasteiger partial charge is 0.127 e. The first-order valence-electron chi connectivity index (χ1n) is 6.63. The Morgan fingerprint density at radius 2 is 1.95 bits per heavy atom. The highest BCUT2D eigenvalue weighted by Crippen LogP contribution is 2.28. The van der Waals surface area contributed by atoms with Gasteiger partial charge in [-0.2, -0.15) is 0 Å². The van der Waals surface area contributed by atoms with Gasteiger partial charge in [0.25, 0.3) is 0 Å². The van der Waals surface area contributed by atoms with Crippen molar-refractivity contribution in [3.8, 4) is 0 Å². The lowest BCUT2D eigenvalue weighted by atomic mass is 9.98. The van der Waals surface area contributed by atoms with Gasteiger partial charge in [0.15, 0.2) is 0 Å². The SMILES string of the molecule is CCNC(Cc1ccc(Br)cc1F)c1ccc(F)cc1Cl. The van der Waals surface area contributed by atoms with Crippen LogP contribution in [-0.2, 0) is 6.42 Å². The molecular weight excluding hydrogens is 360 g/mol. The zero-order chi connectivity index (χ0) is 15.4. The second-order valence-electron chi connectivity index (χ2n) is 4.72. The Kier molecular flexibility index (Phi) is 5.73. The summed E-state index contributed by atoms with van der Waals surface area (Å²) in [4.78, 5) is 0. The largest absolute Gasteiger partial charge is 0.310 e. The minimum absolute atomic E-state index is 0.168. The van der Waals surface area contributed by atoms with E-state index in [1.807, 2.05) is 6.92 Å². The van der Waals surface area contributed by atoms with Crippen LogP contribution in [-0.4, -0.2) is 6.54 Å². The third-order valence-electron chi connectivity index (χ3n) is 3.23. The van der Waals surface area contributed by atoms with Crippen molar-refractivity contribution in [2.45, 2.75) is 19.4 Å². The molecule has 0 saturated heterocycles. The maximum atomic E-state index is 14.0. The standard InChI is InChI=1S/C16H15BrClF2N/c1-2-21-16(13-6-5-12(19)9-14(13)18)7-10-3-4-11(17)8-15(10)20/h3-6,8-9,16,21H,2,7H2,1H3. The fourth-order valence-electron chi connectivity index (χ4n) is 2.23. The summed E-state index contributed by atoms with van der Waals surface area (Å²) in [5, 5.41) is 3.61. The van der Waals surface area contributed by atoms with E-state index < -0.39 is 0 Å². The average Bonchev–Trinajstić information content (AvgIpc) is 2.41. The van der Waals surface area contributed by atoms with Gasteiger partial charge in [-0.05, 0) is 48.4 Å². The molecule has 2 aromatic carbocycles. The van der Waals surface area contributed by atoms with Crippen LogP contribution in [0.15, 0.2) is 40.9 Å². The molecule has 0 aliphatic rings. The van der Waals surface area contributed by atoms with Crippen LogP contribution < -0.4 is 5.32 Å². The molecule has 112 valence electrons. The third kappa shape index (κ3) is 4.25. The molecule has 0 bridgehead atoms. The van der Waals surface area contributed by atoms with Crippen LogP contribution in [0.4, 0.5) is 8.78 Å². The van der Waals surface area contributed by atoms with E-state index >= 15 is 0 Å². The van der Waals surface area contributed by atoms with Crippen molar-refractivity contribution in [2.75, 3.05) is 6.54 Å². The Morgan fingerprint density at radius 3 is 2.57 bits per heavy atom. The molecule has 0 heterocycles. The van der Waals surface area contributed by atoms with Gasteiger partial charge in [-0.3, -0.25) is 0 Å². The fourth-order valence-corrected chi connectivity index (χ4v) is 2.86. The predicted octanol–water partition coefficient (Wildman–Crippen LogP) is 5.27. The highest BCUT2D eigenvalue weighted by Gasteiger charge is 2.17. The van der Waals surface area contributed by atoms with Crippen LogP contribution in [0.25, 0.3) is 0 Å². The fraction of sp³-hybridized carbons (Fsp3) is 0.250. The molecular formula is C16H15BrClF2N. The molecule has 1 nitrogen and oxygen atoms in total. The van der Waals surface area contributed by atoms with Crippen LogP contribution in [0.5, 0.6) is 0 Å². The number of benzene rings is 2. The summed E-state index contributed by atoms with van der Waals surface area (Å²) in [5.74, 6) is -0.653. The van der Waals surface area contributed by atoms with Gasteiger partial charge in [-0.25, -0.2) is 8.78 Å². The Hall–Kier alpha value is -0.970. The predicted molar refractivity (Wildman–Crippen MR) is 85.6 cm³/mol. The van der Waals surface area contributed by atoms with E-state index in [0.29, 0.717) is 28.0 Å². The molecule has 1 unspecified atom stereocenters. The van der Waals surface area contributed by atoms with E-state index in [9.17, 15) is 8.78 Å². The molecule has 0 amide bonds. The lowest BCUT2D eigenvalue weighted by Gasteiger charge is -2.20. The van der Waals surface area contributed by atoms with Crippen LogP contribution in [0, 0.1) is 11.6 Å². The Labute approximate surface area is 136 Å². The minimum Gasteiger partial charge on any atom is -0.310 e. The lowest BCUT2D eigenvalue weighted by molar-refractivity contribution is 0.526. The van der Waals surface area contributed by atoms with Gasteiger partial charge in [0, 0.05) is 15.5 Å². The Bertz CT molecular complexity index is 634. The van der Waals surface area contributed by atoms with Gasteiger partial charge in [0.05, 0.1) is 0 Å². The van der Waals surface area contributed by atoms with Gasteiger partial charge in [0.2, 0.25) is 0 Å². The number of hydrogen-bond donors (Lipinski definition) is 1. The van der Waals surface area contributed by atoms with Gasteiger partial charge >= 0.3 is 0 Å². The first-order valence-corrected chi connectivity index (χ1v) is 7.80. The van der Waals surface area contributed by atoms with Crippen molar-refractivity contribution < 1.29 is 8.78 Å². The number of likely N-dealkylation sites (N-methyl/N-ethyl adjacent to an activating group) is 1. The summed E-state index contributed by atoms with van der Waals surface area (Å²) in [6.07, 6.45) is 0.443. The van der Waals surface area contributed by atoms with E-state index in [-0.39, 0.29) is 17.7 Å². The van der Waals surface area contributed by atoms with E-state index in [1.54, 1.807) is 18.2 Å². The molecule has 2 rings (SSSR count). The monoisotopic (exact) mass is 373 g/mol. The molecule has 0 aliphatic carbocycles. The van der Waals surface area contributed by atoms with Crippen molar-refractivity contribution in [3.63, 3.8) is 0 Å². The maximum absolute atomic E-state index is 14.0. The molecule has 0 aromatic heterocycles. The highest BCUT2D eigenvalue weighted by molar-refractivity contribution is 9.10. The maximum Gasteiger partial charge on any atom is 0.127 e. The highest BCUT2D eigenvalue weighted by atomic mass is 79.9. The number of nitrogens with one attached hydrogen (secondary N) is 1. The summed E-state index contributed by atoms with van der Waals surface area (Å²) in [5.41, 5.74) is 1.35. The summed E-state index contributed by atoms with van der Waals surface area (Å²) < 4.78 is 27.8. The molecule has 21 heavy (non-hydrogen) atoms. The topological polar surface area (TPSA) is 12.0 Å². The molecule has 1 atom stereocenters. The molecule has 0 spiro atoms. The second-order valence-corrected chi connectivity index (χ2v) is 6.04. The molecule has 0 fully saturated rings. The van der Waals surface area contributed by atoms with Crippen molar-refractivity contribution in [3.05, 3.63) is 68.7 Å². The van der Waals surface area contributed by atoms with E-state index in [4.69, 9.17) is 11.6 Å². The van der Waals surface area contributed by atoms with Gasteiger partial charge in [0.1, 0.15) is 11.6 Å². The van der Waals surface area contributed by atoms with Crippen molar-refractivity contribution >= 4 is 27.5 Å². The van der Waals surface area contributed by atoms with E-state index in [1.165, 1.54) is 18.2 Å². The summed E-state index contributed by atoms with van der Waals surface area (Å²) >= 11 is 9.35. The summed E-state index contributed by atoms with van der Waals surface area (Å²) in [6, 6.07) is 9.09. The average molecular weight is 375 g/mol.